The molecule has 4 aromatic carbocycles. The highest BCUT2D eigenvalue weighted by Crippen LogP contribution is 2.37. The minimum atomic E-state index is -5.14. The first-order valence-corrected chi connectivity index (χ1v) is 13.4. The van der Waals surface area contributed by atoms with Gasteiger partial charge in [0.1, 0.15) is 16.5 Å². The highest BCUT2D eigenvalue weighted by Gasteiger charge is 2.31. The summed E-state index contributed by atoms with van der Waals surface area (Å²) in [6.45, 7) is 0. The topological polar surface area (TPSA) is 74.6 Å². The Labute approximate surface area is 238 Å². The zero-order chi connectivity index (χ0) is 30.5. The first kappa shape index (κ1) is 29.0. The van der Waals surface area contributed by atoms with Crippen molar-refractivity contribution in [3.8, 4) is 28.3 Å². The molecule has 14 heteroatoms. The van der Waals surface area contributed by atoms with Crippen molar-refractivity contribution < 1.29 is 43.7 Å². The summed E-state index contributed by atoms with van der Waals surface area (Å²) in [5.74, 6) is -14.6. The van der Waals surface area contributed by atoms with E-state index in [4.69, 9.17) is 16.3 Å². The van der Waals surface area contributed by atoms with E-state index < -0.39 is 61.2 Å². The molecule has 0 saturated heterocycles. The molecule has 0 aliphatic heterocycles. The van der Waals surface area contributed by atoms with E-state index >= 15 is 0 Å². The van der Waals surface area contributed by atoms with Crippen molar-refractivity contribution in [1.82, 2.24) is 4.57 Å². The zero-order valence-corrected chi connectivity index (χ0v) is 22.5. The summed E-state index contributed by atoms with van der Waals surface area (Å²) in [6, 6.07) is 13.8. The molecule has 0 N–H and O–H groups in total. The lowest BCUT2D eigenvalue weighted by atomic mass is 10.0. The summed E-state index contributed by atoms with van der Waals surface area (Å²) in [7, 11) is -3.82. The van der Waals surface area contributed by atoms with Crippen molar-refractivity contribution in [1.29, 1.82) is 0 Å². The number of hydrogen-bond acceptors (Lipinski definition) is 5. The van der Waals surface area contributed by atoms with Crippen LogP contribution in [0.15, 0.2) is 76.4 Å². The quantitative estimate of drug-likeness (QED) is 0.0886. The van der Waals surface area contributed by atoms with Crippen LogP contribution in [0.2, 0.25) is 5.02 Å². The third kappa shape index (κ3) is 4.94. The molecule has 0 fully saturated rings. The lowest BCUT2D eigenvalue weighted by Gasteiger charge is -2.17. The number of ether oxygens (including phenoxy) is 1. The summed E-state index contributed by atoms with van der Waals surface area (Å²) in [5, 5.41) is 0.208. The smallest absolute Gasteiger partial charge is 0.339 e. The summed E-state index contributed by atoms with van der Waals surface area (Å²) in [6.07, 6.45) is 0. The van der Waals surface area contributed by atoms with Gasteiger partial charge in [-0.15, -0.1) is 0 Å². The fourth-order valence-corrected chi connectivity index (χ4v) is 5.44. The molecule has 1 heterocycles. The fraction of sp³-hybridized carbons (Fsp3) is 0.0357. The number of halogens is 7. The van der Waals surface area contributed by atoms with Crippen LogP contribution in [0.25, 0.3) is 27.7 Å². The van der Waals surface area contributed by atoms with Gasteiger partial charge in [-0.2, -0.15) is 17.2 Å². The summed E-state index contributed by atoms with van der Waals surface area (Å²) in [4.78, 5) is 12.3. The summed E-state index contributed by atoms with van der Waals surface area (Å²) >= 11 is 6.49. The normalized spacial score (nSPS) is 11.6. The minimum Gasteiger partial charge on any atom is -0.495 e. The third-order valence-corrected chi connectivity index (χ3v) is 7.69. The van der Waals surface area contributed by atoms with Gasteiger partial charge in [-0.25, -0.2) is 17.6 Å². The van der Waals surface area contributed by atoms with Crippen molar-refractivity contribution in [2.45, 2.75) is 4.90 Å². The Kier molecular flexibility index (Phi) is 7.41. The van der Waals surface area contributed by atoms with Gasteiger partial charge in [0.25, 0.3) is 5.56 Å². The van der Waals surface area contributed by atoms with E-state index in [0.717, 1.165) is 28.8 Å². The molecule has 0 saturated carbocycles. The minimum absolute atomic E-state index is 0.0871. The second kappa shape index (κ2) is 10.7. The molecule has 5 aromatic rings. The fourth-order valence-electron chi connectivity index (χ4n) is 4.20. The van der Waals surface area contributed by atoms with Gasteiger partial charge in [-0.1, -0.05) is 23.7 Å². The van der Waals surface area contributed by atoms with Crippen molar-refractivity contribution >= 4 is 32.6 Å². The summed E-state index contributed by atoms with van der Waals surface area (Å²) < 4.78 is 119. The predicted octanol–water partition coefficient (Wildman–Crippen LogP) is 6.92. The van der Waals surface area contributed by atoms with Gasteiger partial charge >= 0.3 is 10.1 Å². The van der Waals surface area contributed by atoms with Gasteiger partial charge in [0.2, 0.25) is 34.8 Å². The van der Waals surface area contributed by atoms with Crippen LogP contribution >= 0.6 is 11.6 Å². The van der Waals surface area contributed by atoms with E-state index in [2.05, 4.69) is 4.18 Å². The third-order valence-electron chi connectivity index (χ3n) is 6.16. The van der Waals surface area contributed by atoms with Crippen molar-refractivity contribution in [2.75, 3.05) is 7.11 Å². The van der Waals surface area contributed by atoms with Gasteiger partial charge in [0.15, 0.2) is 0 Å². The van der Waals surface area contributed by atoms with E-state index in [1.807, 2.05) is 0 Å². The van der Waals surface area contributed by atoms with Crippen molar-refractivity contribution in [2.24, 2.45) is 0 Å². The van der Waals surface area contributed by atoms with Gasteiger partial charge in [0.05, 0.1) is 23.3 Å². The largest absolute Gasteiger partial charge is 0.495 e. The molecule has 42 heavy (non-hydrogen) atoms. The maximum atomic E-state index is 14.1. The number of nitrogens with zero attached hydrogens (tertiary/aromatic N) is 1. The van der Waals surface area contributed by atoms with Crippen LogP contribution in [-0.4, -0.2) is 20.1 Å². The molecule has 0 aliphatic rings. The molecular weight excluding hydrogens is 612 g/mol. The maximum absolute atomic E-state index is 14.1. The molecule has 216 valence electrons. The average molecular weight is 626 g/mol. The highest BCUT2D eigenvalue weighted by atomic mass is 35.5. The molecular formula is C28H14ClF6NO5S. The lowest BCUT2D eigenvalue weighted by molar-refractivity contribution is 0.346. The number of fused-ring (bicyclic) bond motifs is 1. The SMILES string of the molecule is COc1cc(-c2cccc(F)c2)c(Cl)cc1-n1c(=O)ccc2cc(S(=O)(=O)Oc3c(F)c(F)c(F)c(F)c3F)ccc21. The molecule has 0 atom stereocenters. The van der Waals surface area contributed by atoms with E-state index in [1.165, 1.54) is 43.5 Å². The maximum Gasteiger partial charge on any atom is 0.339 e. The Morgan fingerprint density at radius 3 is 2.10 bits per heavy atom. The van der Waals surface area contributed by atoms with E-state index in [9.17, 15) is 39.6 Å². The molecule has 5 rings (SSSR count). The molecule has 0 bridgehead atoms. The van der Waals surface area contributed by atoms with Gasteiger partial charge in [-0.05, 0) is 54.1 Å². The molecule has 1 aromatic heterocycles. The molecule has 0 unspecified atom stereocenters. The molecule has 6 nitrogen and oxygen atoms in total. The van der Waals surface area contributed by atoms with E-state index in [0.29, 0.717) is 11.1 Å². The number of rotatable bonds is 6. The van der Waals surface area contributed by atoms with Crippen LogP contribution in [0, 0.1) is 34.9 Å². The van der Waals surface area contributed by atoms with Crippen LogP contribution in [0.5, 0.6) is 11.5 Å². The Balaban J connectivity index is 1.62. The van der Waals surface area contributed by atoms with E-state index in [1.54, 1.807) is 6.07 Å². The van der Waals surface area contributed by atoms with Gasteiger partial charge in [0, 0.05) is 17.0 Å². The molecule has 0 radical (unpaired) electrons. The van der Waals surface area contributed by atoms with Crippen LogP contribution in [0.4, 0.5) is 26.3 Å². The number of pyridine rings is 1. The Bertz CT molecular complexity index is 2060. The van der Waals surface area contributed by atoms with Crippen LogP contribution < -0.4 is 14.5 Å². The van der Waals surface area contributed by atoms with Gasteiger partial charge in [-0.3, -0.25) is 9.36 Å². The Hall–Kier alpha value is -4.49. The average Bonchev–Trinajstić information content (AvgIpc) is 2.97. The number of methoxy groups -OCH3 is 1. The van der Waals surface area contributed by atoms with Crippen LogP contribution in [-0.2, 0) is 10.1 Å². The number of aromatic nitrogens is 1. The number of benzene rings is 4. The van der Waals surface area contributed by atoms with Gasteiger partial charge < -0.3 is 8.92 Å². The monoisotopic (exact) mass is 625 g/mol. The van der Waals surface area contributed by atoms with Crippen LogP contribution in [0.1, 0.15) is 0 Å². The molecule has 0 spiro atoms. The van der Waals surface area contributed by atoms with Crippen LogP contribution in [0.3, 0.4) is 0 Å². The number of hydrogen-bond donors (Lipinski definition) is 0. The predicted molar refractivity (Wildman–Crippen MR) is 141 cm³/mol. The Morgan fingerprint density at radius 1 is 0.786 bits per heavy atom. The summed E-state index contributed by atoms with van der Waals surface area (Å²) in [5.41, 5.74) is 0.475. The lowest BCUT2D eigenvalue weighted by Crippen LogP contribution is -2.19. The van der Waals surface area contributed by atoms with Crippen molar-refractivity contribution in [3.05, 3.63) is 117 Å². The Morgan fingerprint density at radius 2 is 1.45 bits per heavy atom. The zero-order valence-electron chi connectivity index (χ0n) is 20.9. The van der Waals surface area contributed by atoms with Crippen molar-refractivity contribution in [3.63, 3.8) is 0 Å². The second-order valence-electron chi connectivity index (χ2n) is 8.68. The van der Waals surface area contributed by atoms with E-state index in [-0.39, 0.29) is 27.4 Å². The second-order valence-corrected chi connectivity index (χ2v) is 10.6. The first-order valence-electron chi connectivity index (χ1n) is 11.6. The standard InChI is InChI=1S/C28H14ClF6NO5S/c1-40-21-11-17(13-3-2-4-15(30)9-13)18(29)12-20(21)36-19-7-6-16(10-14(19)5-8-22(36)37)42(38,39)41-28-26(34)24(32)23(31)25(33)27(28)35/h2-12H,1H3. The first-order chi connectivity index (χ1) is 19.8. The molecule has 0 aliphatic carbocycles. The highest BCUT2D eigenvalue weighted by molar-refractivity contribution is 7.87. The molecule has 0 amide bonds.